The van der Waals surface area contributed by atoms with Crippen molar-refractivity contribution in [3.05, 3.63) is 35.9 Å². The molecule has 45 heavy (non-hydrogen) atoms. The fourth-order valence-corrected chi connectivity index (χ4v) is 8.44. The van der Waals surface area contributed by atoms with Crippen LogP contribution in [0.3, 0.4) is 0 Å². The van der Waals surface area contributed by atoms with Crippen molar-refractivity contribution in [2.75, 3.05) is 19.6 Å². The summed E-state index contributed by atoms with van der Waals surface area (Å²) in [6.07, 6.45) is 4.70. The standard InChI is InChI=1S/C33H52N6O5S/c1-32(2,3)38-29(43)24-16-21-13-9-10-14-22(21)18-39(24)19-23(40)17-35-30(44)27-33(4,5)45-31(37-27)26(28(34)42)36-25(41)15-20-11-7-6-8-12-20/h6-8,11-12,21-24,26-27,31,37,40H,9-10,13-19H2,1-5H3,(H2,34,42)(H,35,44)(H,36,41)(H,38,43)/t21-,22+,23-,24-,26+,27-,31+/m0/s1. The van der Waals surface area contributed by atoms with Crippen molar-refractivity contribution in [3.63, 3.8) is 0 Å². The van der Waals surface area contributed by atoms with E-state index in [2.05, 4.69) is 26.2 Å². The molecule has 1 saturated carbocycles. The molecule has 2 heterocycles. The van der Waals surface area contributed by atoms with Gasteiger partial charge in [0.05, 0.1) is 23.9 Å². The average molecular weight is 645 g/mol. The molecule has 1 aromatic rings. The van der Waals surface area contributed by atoms with Gasteiger partial charge in [-0.3, -0.25) is 29.4 Å². The molecular formula is C33H52N6O5S. The van der Waals surface area contributed by atoms with Crippen molar-refractivity contribution in [3.8, 4) is 0 Å². The van der Waals surface area contributed by atoms with Gasteiger partial charge in [0.15, 0.2) is 0 Å². The number of β-amino-alcohol motifs (C(OH)–C–C–N with tert-alkyl or cyclic N) is 1. The van der Waals surface area contributed by atoms with E-state index in [0.717, 1.165) is 31.4 Å². The molecule has 3 fully saturated rings. The number of piperidine rings is 1. The minimum atomic E-state index is -1.02. The Morgan fingerprint density at radius 1 is 1.09 bits per heavy atom. The Kier molecular flexibility index (Phi) is 11.6. The summed E-state index contributed by atoms with van der Waals surface area (Å²) in [5.41, 5.74) is 6.15. The molecule has 11 nitrogen and oxygen atoms in total. The number of carbonyl (C=O) groups is 4. The number of hydrogen-bond acceptors (Lipinski definition) is 8. The van der Waals surface area contributed by atoms with Crippen LogP contribution in [0.15, 0.2) is 30.3 Å². The maximum Gasteiger partial charge on any atom is 0.242 e. The number of hydrogen-bond donors (Lipinski definition) is 6. The van der Waals surface area contributed by atoms with Crippen LogP contribution in [-0.4, -0.2) is 93.2 Å². The maximum atomic E-state index is 13.4. The van der Waals surface area contributed by atoms with Gasteiger partial charge in [-0.25, -0.2) is 0 Å². The average Bonchev–Trinajstić information content (AvgIpc) is 3.28. The summed E-state index contributed by atoms with van der Waals surface area (Å²) >= 11 is 1.37. The number of carbonyl (C=O) groups excluding carboxylic acids is 4. The van der Waals surface area contributed by atoms with Crippen LogP contribution in [0.4, 0.5) is 0 Å². The molecule has 4 amide bonds. The first-order valence-electron chi connectivity index (χ1n) is 16.2. The number of amides is 4. The fraction of sp³-hybridized carbons (Fsp3) is 0.697. The van der Waals surface area contributed by atoms with E-state index >= 15 is 0 Å². The van der Waals surface area contributed by atoms with E-state index in [9.17, 15) is 24.3 Å². The molecule has 0 bridgehead atoms. The topological polar surface area (TPSA) is 166 Å². The first-order chi connectivity index (χ1) is 21.1. The number of thioether (sulfide) groups is 1. The summed E-state index contributed by atoms with van der Waals surface area (Å²) in [4.78, 5) is 53.9. The minimum Gasteiger partial charge on any atom is -0.390 e. The van der Waals surface area contributed by atoms with Crippen molar-refractivity contribution in [1.29, 1.82) is 0 Å². The molecule has 3 aliphatic rings. The lowest BCUT2D eigenvalue weighted by Gasteiger charge is -2.46. The summed E-state index contributed by atoms with van der Waals surface area (Å²) in [5.74, 6) is -0.323. The van der Waals surface area contributed by atoms with Crippen molar-refractivity contribution < 1.29 is 24.3 Å². The Labute approximate surface area is 271 Å². The molecule has 250 valence electrons. The molecule has 1 aromatic carbocycles. The molecule has 2 saturated heterocycles. The van der Waals surface area contributed by atoms with E-state index < -0.39 is 34.2 Å². The zero-order valence-electron chi connectivity index (χ0n) is 27.3. The largest absolute Gasteiger partial charge is 0.390 e. The number of nitrogens with one attached hydrogen (secondary N) is 4. The summed E-state index contributed by atoms with van der Waals surface area (Å²) in [6, 6.07) is 7.17. The number of aliphatic hydroxyl groups is 1. The lowest BCUT2D eigenvalue weighted by atomic mass is 9.72. The monoisotopic (exact) mass is 644 g/mol. The fourth-order valence-electron chi connectivity index (χ4n) is 6.93. The van der Waals surface area contributed by atoms with Gasteiger partial charge in [0.1, 0.15) is 12.1 Å². The van der Waals surface area contributed by atoms with Gasteiger partial charge in [-0.15, -0.1) is 11.8 Å². The first kappa shape index (κ1) is 35.2. The third kappa shape index (κ3) is 9.67. The molecule has 0 unspecified atom stereocenters. The van der Waals surface area contributed by atoms with E-state index in [4.69, 9.17) is 5.73 Å². The van der Waals surface area contributed by atoms with E-state index in [-0.39, 0.29) is 48.8 Å². The van der Waals surface area contributed by atoms with Crippen LogP contribution < -0.4 is 27.0 Å². The second-order valence-corrected chi connectivity index (χ2v) is 16.3. The van der Waals surface area contributed by atoms with Crippen molar-refractivity contribution in [1.82, 2.24) is 26.2 Å². The van der Waals surface area contributed by atoms with Crippen LogP contribution in [0.5, 0.6) is 0 Å². The van der Waals surface area contributed by atoms with E-state index in [1.54, 1.807) is 0 Å². The predicted octanol–water partition coefficient (Wildman–Crippen LogP) is 1.28. The van der Waals surface area contributed by atoms with Crippen LogP contribution >= 0.6 is 11.8 Å². The normalized spacial score (nSPS) is 27.9. The first-order valence-corrected chi connectivity index (χ1v) is 17.1. The zero-order chi connectivity index (χ0) is 32.9. The number of benzene rings is 1. The highest BCUT2D eigenvalue weighted by Crippen LogP contribution is 2.40. The smallest absolute Gasteiger partial charge is 0.242 e. The number of primary amides is 1. The lowest BCUT2D eigenvalue weighted by molar-refractivity contribution is -0.133. The molecule has 1 aliphatic carbocycles. The number of rotatable bonds is 11. The van der Waals surface area contributed by atoms with Gasteiger partial charge < -0.3 is 26.8 Å². The Morgan fingerprint density at radius 3 is 2.40 bits per heavy atom. The number of aliphatic hydroxyl groups excluding tert-OH is 1. The van der Waals surface area contributed by atoms with E-state index in [1.165, 1.54) is 24.6 Å². The van der Waals surface area contributed by atoms with E-state index in [1.807, 2.05) is 65.0 Å². The highest BCUT2D eigenvalue weighted by Gasteiger charge is 2.49. The molecule has 2 aliphatic heterocycles. The molecule has 7 atom stereocenters. The second kappa shape index (κ2) is 14.8. The Hall–Kier alpha value is -2.67. The lowest BCUT2D eigenvalue weighted by Crippen LogP contribution is -2.59. The molecule has 12 heteroatoms. The predicted molar refractivity (Wildman–Crippen MR) is 176 cm³/mol. The second-order valence-electron chi connectivity index (χ2n) is 14.5. The molecule has 7 N–H and O–H groups in total. The summed E-state index contributed by atoms with van der Waals surface area (Å²) in [5, 5.41) is 22.4. The maximum absolute atomic E-state index is 13.4. The SMILES string of the molecule is CC(C)(C)NC(=O)[C@@H]1C[C@@H]2CCCC[C@@H]2CN1C[C@@H](O)CNC(=O)[C@@H]1N[C@@H]([C@H](NC(=O)Cc2ccccc2)C(N)=O)SC1(C)C. The molecule has 0 spiro atoms. The van der Waals surface area contributed by atoms with Gasteiger partial charge in [-0.05, 0) is 64.9 Å². The van der Waals surface area contributed by atoms with Crippen LogP contribution in [-0.2, 0) is 25.6 Å². The van der Waals surface area contributed by atoms with Gasteiger partial charge in [-0.1, -0.05) is 49.6 Å². The number of fused-ring (bicyclic) bond motifs is 1. The van der Waals surface area contributed by atoms with Gasteiger partial charge >= 0.3 is 0 Å². The zero-order valence-corrected chi connectivity index (χ0v) is 28.1. The number of nitrogens with zero attached hydrogens (tertiary/aromatic N) is 1. The number of likely N-dealkylation sites (tertiary alicyclic amines) is 1. The third-order valence-corrected chi connectivity index (χ3v) is 10.6. The van der Waals surface area contributed by atoms with Crippen molar-refractivity contribution in [2.45, 2.75) is 113 Å². The van der Waals surface area contributed by atoms with Gasteiger partial charge in [0.25, 0.3) is 0 Å². The highest BCUT2D eigenvalue weighted by atomic mass is 32.2. The van der Waals surface area contributed by atoms with Gasteiger partial charge in [-0.2, -0.15) is 0 Å². The molecular weight excluding hydrogens is 592 g/mol. The Morgan fingerprint density at radius 2 is 1.76 bits per heavy atom. The summed E-state index contributed by atoms with van der Waals surface area (Å²) in [7, 11) is 0. The summed E-state index contributed by atoms with van der Waals surface area (Å²) < 4.78 is -0.628. The van der Waals surface area contributed by atoms with E-state index in [0.29, 0.717) is 11.8 Å². The molecule has 0 aromatic heterocycles. The Bertz CT molecular complexity index is 1210. The van der Waals surface area contributed by atoms with Crippen LogP contribution in [0.25, 0.3) is 0 Å². The third-order valence-electron chi connectivity index (χ3n) is 9.11. The molecule has 0 radical (unpaired) electrons. The van der Waals surface area contributed by atoms with Crippen LogP contribution in [0.2, 0.25) is 0 Å². The number of nitrogens with two attached hydrogens (primary N) is 1. The highest BCUT2D eigenvalue weighted by molar-refractivity contribution is 8.01. The minimum absolute atomic E-state index is 0.0115. The van der Waals surface area contributed by atoms with Gasteiger partial charge in [0.2, 0.25) is 23.6 Å². The molecule has 4 rings (SSSR count). The van der Waals surface area contributed by atoms with Crippen LogP contribution in [0, 0.1) is 11.8 Å². The van der Waals surface area contributed by atoms with Crippen molar-refractivity contribution >= 4 is 35.4 Å². The van der Waals surface area contributed by atoms with Crippen molar-refractivity contribution in [2.24, 2.45) is 17.6 Å². The summed E-state index contributed by atoms with van der Waals surface area (Å²) in [6.45, 7) is 10.8. The Balaban J connectivity index is 1.33. The van der Waals surface area contributed by atoms with Gasteiger partial charge in [0, 0.05) is 29.9 Å². The van der Waals surface area contributed by atoms with Crippen LogP contribution in [0.1, 0.15) is 72.3 Å². The quantitative estimate of drug-likeness (QED) is 0.210.